The van der Waals surface area contributed by atoms with Crippen LogP contribution in [0.4, 0.5) is 0 Å². The Morgan fingerprint density at radius 2 is 2.20 bits per heavy atom. The number of aryl methyl sites for hydroxylation is 1. The summed E-state index contributed by atoms with van der Waals surface area (Å²) in [4.78, 5) is 16.7. The Morgan fingerprint density at radius 1 is 1.50 bits per heavy atom. The number of aromatic nitrogens is 2. The molecule has 0 saturated heterocycles. The van der Waals surface area contributed by atoms with Crippen LogP contribution in [0.3, 0.4) is 0 Å². The lowest BCUT2D eigenvalue weighted by molar-refractivity contribution is 0.0697. The van der Waals surface area contributed by atoms with Crippen LogP contribution < -0.4 is 4.74 Å². The molecule has 0 atom stereocenters. The first-order valence-corrected chi connectivity index (χ1v) is 7.07. The fourth-order valence-electron chi connectivity index (χ4n) is 1.68. The van der Waals surface area contributed by atoms with Crippen molar-refractivity contribution < 1.29 is 14.6 Å². The van der Waals surface area contributed by atoms with E-state index in [1.165, 1.54) is 11.3 Å². The highest BCUT2D eigenvalue weighted by Gasteiger charge is 2.23. The molecule has 0 aliphatic carbocycles. The van der Waals surface area contributed by atoms with E-state index in [4.69, 9.17) is 4.74 Å². The van der Waals surface area contributed by atoms with Gasteiger partial charge in [0, 0.05) is 24.3 Å². The lowest BCUT2D eigenvalue weighted by Crippen LogP contribution is -2.08. The number of rotatable bonds is 4. The van der Waals surface area contributed by atoms with Gasteiger partial charge in [0.15, 0.2) is 4.88 Å². The van der Waals surface area contributed by atoms with Gasteiger partial charge in [0.05, 0.1) is 0 Å². The Morgan fingerprint density at radius 3 is 2.70 bits per heavy atom. The molecule has 2 aromatic heterocycles. The van der Waals surface area contributed by atoms with Crippen LogP contribution in [-0.4, -0.2) is 20.6 Å². The number of carboxylic acids is 1. The summed E-state index contributed by atoms with van der Waals surface area (Å²) >= 11 is 1.26. The first-order chi connectivity index (χ1) is 9.29. The number of carboxylic acid groups (broad SMARTS) is 1. The maximum atomic E-state index is 11.3. The van der Waals surface area contributed by atoms with E-state index in [0.717, 1.165) is 10.7 Å². The normalized spacial score (nSPS) is 11.6. The minimum atomic E-state index is -0.958. The molecule has 0 saturated carbocycles. The molecule has 2 heterocycles. The number of ether oxygens (including phenoxy) is 1. The van der Waals surface area contributed by atoms with Crippen molar-refractivity contribution in [1.29, 1.82) is 0 Å². The molecule has 0 aliphatic rings. The Hall–Kier alpha value is -1.82. The number of hydrogen-bond acceptors (Lipinski definition) is 4. The Balaban J connectivity index is 2.24. The largest absolute Gasteiger partial charge is 0.484 e. The second-order valence-electron chi connectivity index (χ2n) is 5.60. The van der Waals surface area contributed by atoms with Crippen molar-refractivity contribution in [2.45, 2.75) is 32.8 Å². The van der Waals surface area contributed by atoms with Crippen molar-refractivity contribution in [3.8, 4) is 5.75 Å². The minimum Gasteiger partial charge on any atom is -0.484 e. The molecule has 6 heteroatoms. The van der Waals surface area contributed by atoms with Crippen molar-refractivity contribution >= 4 is 17.3 Å². The van der Waals surface area contributed by atoms with Crippen LogP contribution in [0.2, 0.25) is 0 Å². The summed E-state index contributed by atoms with van der Waals surface area (Å²) in [5.74, 6) is 0.209. The van der Waals surface area contributed by atoms with E-state index in [1.807, 2.05) is 44.6 Å². The summed E-state index contributed by atoms with van der Waals surface area (Å²) < 4.78 is 7.49. The number of carbonyl (C=O) groups is 1. The van der Waals surface area contributed by atoms with E-state index in [9.17, 15) is 9.90 Å². The minimum absolute atomic E-state index is 0.0975. The Kier molecular flexibility index (Phi) is 3.85. The van der Waals surface area contributed by atoms with Crippen LogP contribution in [0, 0.1) is 0 Å². The Labute approximate surface area is 121 Å². The van der Waals surface area contributed by atoms with Crippen LogP contribution in [0.15, 0.2) is 18.5 Å². The molecule has 0 amide bonds. The van der Waals surface area contributed by atoms with E-state index >= 15 is 0 Å². The molecule has 0 unspecified atom stereocenters. The zero-order valence-electron chi connectivity index (χ0n) is 12.0. The monoisotopic (exact) mass is 294 g/mol. The molecule has 0 aliphatic heterocycles. The van der Waals surface area contributed by atoms with Crippen molar-refractivity contribution in [3.05, 3.63) is 34.0 Å². The van der Waals surface area contributed by atoms with Gasteiger partial charge in [0.1, 0.15) is 18.2 Å². The van der Waals surface area contributed by atoms with Gasteiger partial charge in [0.2, 0.25) is 0 Å². The maximum absolute atomic E-state index is 11.3. The average Bonchev–Trinajstić information content (AvgIpc) is 2.91. The molecule has 0 fully saturated rings. The van der Waals surface area contributed by atoms with Crippen molar-refractivity contribution in [1.82, 2.24) is 9.55 Å². The van der Waals surface area contributed by atoms with Gasteiger partial charge in [-0.25, -0.2) is 9.78 Å². The van der Waals surface area contributed by atoms with Crippen LogP contribution in [-0.2, 0) is 19.1 Å². The molecular formula is C14H18N2O3S. The fourth-order valence-corrected chi connectivity index (χ4v) is 2.68. The van der Waals surface area contributed by atoms with E-state index in [2.05, 4.69) is 4.98 Å². The summed E-state index contributed by atoms with van der Waals surface area (Å²) in [6.07, 6.45) is 3.51. The summed E-state index contributed by atoms with van der Waals surface area (Å²) in [6, 6.07) is 1.82. The van der Waals surface area contributed by atoms with Gasteiger partial charge in [-0.15, -0.1) is 11.3 Å². The number of hydrogen-bond donors (Lipinski definition) is 1. The number of nitrogens with zero attached hydrogens (tertiary/aromatic N) is 2. The van der Waals surface area contributed by atoms with E-state index < -0.39 is 5.97 Å². The van der Waals surface area contributed by atoms with Crippen LogP contribution >= 0.6 is 11.3 Å². The van der Waals surface area contributed by atoms with Gasteiger partial charge < -0.3 is 14.4 Å². The number of imidazole rings is 1. The highest BCUT2D eigenvalue weighted by Crippen LogP contribution is 2.37. The molecule has 2 aromatic rings. The lowest BCUT2D eigenvalue weighted by atomic mass is 9.95. The highest BCUT2D eigenvalue weighted by atomic mass is 32.1. The van der Waals surface area contributed by atoms with Gasteiger partial charge in [-0.3, -0.25) is 0 Å². The predicted molar refractivity (Wildman–Crippen MR) is 77.5 cm³/mol. The van der Waals surface area contributed by atoms with Crippen LogP contribution in [0.25, 0.3) is 0 Å². The van der Waals surface area contributed by atoms with Gasteiger partial charge in [-0.1, -0.05) is 20.8 Å². The molecule has 0 aromatic carbocycles. The SMILES string of the molecule is Cn1ccnc1COc1cc(C(C)(C)C)sc1C(=O)O. The summed E-state index contributed by atoms with van der Waals surface area (Å²) in [7, 11) is 1.87. The molecule has 0 bridgehead atoms. The van der Waals surface area contributed by atoms with Crippen LogP contribution in [0.5, 0.6) is 5.75 Å². The van der Waals surface area contributed by atoms with Crippen molar-refractivity contribution in [2.24, 2.45) is 7.05 Å². The molecular weight excluding hydrogens is 276 g/mol. The van der Waals surface area contributed by atoms with E-state index in [1.54, 1.807) is 6.20 Å². The zero-order valence-corrected chi connectivity index (χ0v) is 12.8. The van der Waals surface area contributed by atoms with Gasteiger partial charge in [-0.05, 0) is 11.5 Å². The zero-order chi connectivity index (χ0) is 14.9. The van der Waals surface area contributed by atoms with Crippen LogP contribution in [0.1, 0.15) is 41.1 Å². The third kappa shape index (κ3) is 3.01. The van der Waals surface area contributed by atoms with E-state index in [-0.39, 0.29) is 16.9 Å². The molecule has 5 nitrogen and oxygen atoms in total. The second kappa shape index (κ2) is 5.28. The predicted octanol–water partition coefficient (Wildman–Crippen LogP) is 3.06. The summed E-state index contributed by atoms with van der Waals surface area (Å²) in [5, 5.41) is 9.27. The molecule has 0 radical (unpaired) electrons. The summed E-state index contributed by atoms with van der Waals surface area (Å²) in [5.41, 5.74) is -0.0975. The number of thiophene rings is 1. The molecule has 108 valence electrons. The fraction of sp³-hybridized carbons (Fsp3) is 0.429. The Bertz CT molecular complexity index is 623. The molecule has 20 heavy (non-hydrogen) atoms. The quantitative estimate of drug-likeness (QED) is 0.941. The van der Waals surface area contributed by atoms with Gasteiger partial charge >= 0.3 is 5.97 Å². The third-order valence-corrected chi connectivity index (χ3v) is 4.44. The van der Waals surface area contributed by atoms with Gasteiger partial charge in [0.25, 0.3) is 0 Å². The third-order valence-electron chi connectivity index (χ3n) is 2.91. The summed E-state index contributed by atoms with van der Waals surface area (Å²) in [6.45, 7) is 6.40. The first kappa shape index (κ1) is 14.6. The smallest absolute Gasteiger partial charge is 0.349 e. The van der Waals surface area contributed by atoms with E-state index in [0.29, 0.717) is 5.75 Å². The van der Waals surface area contributed by atoms with Crippen molar-refractivity contribution in [2.75, 3.05) is 0 Å². The lowest BCUT2D eigenvalue weighted by Gasteiger charge is -2.14. The molecule has 2 rings (SSSR count). The first-order valence-electron chi connectivity index (χ1n) is 6.25. The van der Waals surface area contributed by atoms with Crippen molar-refractivity contribution in [3.63, 3.8) is 0 Å². The number of aromatic carboxylic acids is 1. The topological polar surface area (TPSA) is 64.4 Å². The molecule has 0 spiro atoms. The maximum Gasteiger partial charge on any atom is 0.349 e. The second-order valence-corrected chi connectivity index (χ2v) is 6.65. The molecule has 1 N–H and O–H groups in total. The highest BCUT2D eigenvalue weighted by molar-refractivity contribution is 7.14. The average molecular weight is 294 g/mol. The standard InChI is InChI=1S/C14H18N2O3S/c1-14(2,3)10-7-9(12(20-10)13(17)18)19-8-11-15-5-6-16(11)4/h5-7H,8H2,1-4H3,(H,17,18). The van der Waals surface area contributed by atoms with Gasteiger partial charge in [-0.2, -0.15) is 0 Å².